The summed E-state index contributed by atoms with van der Waals surface area (Å²) in [7, 11) is 2.19. The van der Waals surface area contributed by atoms with Crippen molar-refractivity contribution in [3.63, 3.8) is 0 Å². The summed E-state index contributed by atoms with van der Waals surface area (Å²) in [5.74, 6) is 0.224. The second-order valence-electron chi connectivity index (χ2n) is 7.79. The third-order valence-electron chi connectivity index (χ3n) is 5.81. The first-order valence-corrected chi connectivity index (χ1v) is 10.0. The van der Waals surface area contributed by atoms with Crippen molar-refractivity contribution in [1.82, 2.24) is 14.7 Å². The highest BCUT2D eigenvalue weighted by atomic mass is 35.5. The number of rotatable bonds is 4. The molecule has 0 bridgehead atoms. The van der Waals surface area contributed by atoms with Crippen LogP contribution in [0.2, 0.25) is 5.02 Å². The van der Waals surface area contributed by atoms with Crippen LogP contribution < -0.4 is 0 Å². The molecule has 2 aliphatic rings. The van der Waals surface area contributed by atoms with Crippen molar-refractivity contribution in [2.45, 2.75) is 32.2 Å². The number of carbonyl (C=O) groups excluding carboxylic acids is 1. The Hall–Kier alpha value is -1.30. The van der Waals surface area contributed by atoms with Gasteiger partial charge in [-0.2, -0.15) is 0 Å². The highest BCUT2D eigenvalue weighted by Crippen LogP contribution is 2.25. The molecule has 2 fully saturated rings. The number of aromatic hydroxyl groups is 1. The Balaban J connectivity index is 1.48. The maximum absolute atomic E-state index is 12.8. The SMILES string of the molecule is C[C@H](Cc1ccc(O)c(Cl)c1)C(=O)N1CCN(C2CCN(C)CC2)CC1. The summed E-state index contributed by atoms with van der Waals surface area (Å²) in [5.41, 5.74) is 0.985. The van der Waals surface area contributed by atoms with E-state index in [0.717, 1.165) is 31.7 Å². The molecule has 5 nitrogen and oxygen atoms in total. The number of phenols is 1. The van der Waals surface area contributed by atoms with E-state index in [1.54, 1.807) is 12.1 Å². The first kappa shape index (κ1) is 19.5. The monoisotopic (exact) mass is 379 g/mol. The van der Waals surface area contributed by atoms with Crippen LogP contribution in [0.5, 0.6) is 5.75 Å². The van der Waals surface area contributed by atoms with E-state index in [1.807, 2.05) is 17.9 Å². The number of carbonyl (C=O) groups is 1. The van der Waals surface area contributed by atoms with Crippen molar-refractivity contribution in [3.05, 3.63) is 28.8 Å². The molecule has 0 unspecified atom stereocenters. The summed E-state index contributed by atoms with van der Waals surface area (Å²) in [6.07, 6.45) is 3.12. The molecule has 26 heavy (non-hydrogen) atoms. The maximum Gasteiger partial charge on any atom is 0.225 e. The normalized spacial score (nSPS) is 21.7. The van der Waals surface area contributed by atoms with E-state index < -0.39 is 0 Å². The van der Waals surface area contributed by atoms with E-state index in [2.05, 4.69) is 16.8 Å². The molecule has 0 saturated carbocycles. The van der Waals surface area contributed by atoms with Gasteiger partial charge in [0.15, 0.2) is 0 Å². The third kappa shape index (κ3) is 4.70. The van der Waals surface area contributed by atoms with Crippen LogP contribution in [0.15, 0.2) is 18.2 Å². The van der Waals surface area contributed by atoms with Gasteiger partial charge in [-0.3, -0.25) is 9.69 Å². The first-order chi connectivity index (χ1) is 12.4. The van der Waals surface area contributed by atoms with Gasteiger partial charge in [0.2, 0.25) is 5.91 Å². The van der Waals surface area contributed by atoms with Crippen molar-refractivity contribution in [3.8, 4) is 5.75 Å². The number of piperazine rings is 1. The molecular formula is C20H30ClN3O2. The van der Waals surface area contributed by atoms with Gasteiger partial charge in [-0.15, -0.1) is 0 Å². The average Bonchev–Trinajstić information content (AvgIpc) is 2.65. The molecule has 1 atom stereocenters. The van der Waals surface area contributed by atoms with E-state index in [-0.39, 0.29) is 17.6 Å². The molecule has 3 rings (SSSR count). The van der Waals surface area contributed by atoms with Gasteiger partial charge in [0.1, 0.15) is 5.75 Å². The van der Waals surface area contributed by atoms with Crippen LogP contribution in [0.1, 0.15) is 25.3 Å². The summed E-state index contributed by atoms with van der Waals surface area (Å²) in [5, 5.41) is 9.86. The number of nitrogens with zero attached hydrogens (tertiary/aromatic N) is 3. The van der Waals surface area contributed by atoms with Gasteiger partial charge in [0.05, 0.1) is 5.02 Å². The number of hydrogen-bond donors (Lipinski definition) is 1. The van der Waals surface area contributed by atoms with E-state index >= 15 is 0 Å². The number of phenolic OH excluding ortho intramolecular Hbond substituents is 1. The molecule has 2 saturated heterocycles. The molecular weight excluding hydrogens is 350 g/mol. The van der Waals surface area contributed by atoms with Crippen molar-refractivity contribution >= 4 is 17.5 Å². The second kappa shape index (κ2) is 8.59. The Kier molecular flexibility index (Phi) is 6.43. The van der Waals surface area contributed by atoms with Crippen LogP contribution in [0.25, 0.3) is 0 Å². The summed E-state index contributed by atoms with van der Waals surface area (Å²) in [4.78, 5) is 19.8. The zero-order valence-electron chi connectivity index (χ0n) is 15.8. The van der Waals surface area contributed by atoms with E-state index in [9.17, 15) is 9.90 Å². The molecule has 1 amide bonds. The van der Waals surface area contributed by atoms with Gasteiger partial charge in [0.25, 0.3) is 0 Å². The van der Waals surface area contributed by atoms with Crippen LogP contribution in [-0.4, -0.2) is 78.1 Å². The molecule has 1 aromatic rings. The Morgan fingerprint density at radius 2 is 1.85 bits per heavy atom. The molecule has 0 aliphatic carbocycles. The fraction of sp³-hybridized carbons (Fsp3) is 0.650. The van der Waals surface area contributed by atoms with Crippen molar-refractivity contribution in [2.24, 2.45) is 5.92 Å². The number of amides is 1. The van der Waals surface area contributed by atoms with Crippen LogP contribution in [0, 0.1) is 5.92 Å². The van der Waals surface area contributed by atoms with Gasteiger partial charge in [-0.05, 0) is 57.1 Å². The van der Waals surface area contributed by atoms with E-state index in [4.69, 9.17) is 11.6 Å². The topological polar surface area (TPSA) is 47.0 Å². The molecule has 6 heteroatoms. The van der Waals surface area contributed by atoms with Crippen LogP contribution in [0.4, 0.5) is 0 Å². The van der Waals surface area contributed by atoms with Gasteiger partial charge in [-0.25, -0.2) is 0 Å². The quantitative estimate of drug-likeness (QED) is 0.873. The average molecular weight is 380 g/mol. The molecule has 2 aliphatic heterocycles. The third-order valence-corrected chi connectivity index (χ3v) is 6.11. The largest absolute Gasteiger partial charge is 0.506 e. The minimum atomic E-state index is -0.0783. The number of benzene rings is 1. The van der Waals surface area contributed by atoms with Gasteiger partial charge >= 0.3 is 0 Å². The van der Waals surface area contributed by atoms with Crippen molar-refractivity contribution < 1.29 is 9.90 Å². The summed E-state index contributed by atoms with van der Waals surface area (Å²) in [6, 6.07) is 5.86. The van der Waals surface area contributed by atoms with Crippen LogP contribution in [0.3, 0.4) is 0 Å². The standard InChI is InChI=1S/C20H30ClN3O2/c1-15(13-16-3-4-19(25)18(21)14-16)20(26)24-11-9-23(10-12-24)17-5-7-22(2)8-6-17/h3-4,14-15,17,25H,5-13H2,1-2H3/t15-/m1/s1. The molecule has 0 spiro atoms. The summed E-state index contributed by atoms with van der Waals surface area (Å²) >= 11 is 5.97. The lowest BCUT2D eigenvalue weighted by atomic mass is 9.98. The van der Waals surface area contributed by atoms with Crippen LogP contribution in [-0.2, 0) is 11.2 Å². The predicted molar refractivity (Wildman–Crippen MR) is 105 cm³/mol. The predicted octanol–water partition coefficient (Wildman–Crippen LogP) is 2.46. The summed E-state index contributed by atoms with van der Waals surface area (Å²) in [6.45, 7) is 7.95. The molecule has 0 aromatic heterocycles. The lowest BCUT2D eigenvalue weighted by Gasteiger charge is -2.42. The molecule has 0 radical (unpaired) electrons. The fourth-order valence-corrected chi connectivity index (χ4v) is 4.30. The number of hydrogen-bond acceptors (Lipinski definition) is 4. The van der Waals surface area contributed by atoms with E-state index in [0.29, 0.717) is 17.5 Å². The van der Waals surface area contributed by atoms with Gasteiger partial charge < -0.3 is 14.9 Å². The minimum absolute atomic E-state index is 0.0783. The van der Waals surface area contributed by atoms with Gasteiger partial charge in [0, 0.05) is 38.1 Å². The Morgan fingerprint density at radius 1 is 1.19 bits per heavy atom. The number of likely N-dealkylation sites (tertiary alicyclic amines) is 1. The Labute approximate surface area is 161 Å². The van der Waals surface area contributed by atoms with Crippen molar-refractivity contribution in [1.29, 1.82) is 0 Å². The van der Waals surface area contributed by atoms with Gasteiger partial charge in [-0.1, -0.05) is 24.6 Å². The van der Waals surface area contributed by atoms with E-state index in [1.165, 1.54) is 25.9 Å². The smallest absolute Gasteiger partial charge is 0.225 e. The van der Waals surface area contributed by atoms with Crippen LogP contribution >= 0.6 is 11.6 Å². The molecule has 1 N–H and O–H groups in total. The molecule has 1 aromatic carbocycles. The van der Waals surface area contributed by atoms with Crippen molar-refractivity contribution in [2.75, 3.05) is 46.3 Å². The zero-order chi connectivity index (χ0) is 18.7. The Bertz CT molecular complexity index is 623. The highest BCUT2D eigenvalue weighted by molar-refractivity contribution is 6.32. The maximum atomic E-state index is 12.8. The number of piperidine rings is 1. The minimum Gasteiger partial charge on any atom is -0.506 e. The summed E-state index contributed by atoms with van der Waals surface area (Å²) < 4.78 is 0. The zero-order valence-corrected chi connectivity index (χ0v) is 16.6. The number of halogens is 1. The molecule has 144 valence electrons. The fourth-order valence-electron chi connectivity index (χ4n) is 4.10. The lowest BCUT2D eigenvalue weighted by Crippen LogP contribution is -2.54. The highest BCUT2D eigenvalue weighted by Gasteiger charge is 2.29. The molecule has 2 heterocycles. The first-order valence-electron chi connectivity index (χ1n) is 9.63. The second-order valence-corrected chi connectivity index (χ2v) is 8.19. The Morgan fingerprint density at radius 3 is 2.46 bits per heavy atom. The lowest BCUT2D eigenvalue weighted by molar-refractivity contribution is -0.137.